The van der Waals surface area contributed by atoms with Crippen LogP contribution in [0.15, 0.2) is 24.3 Å². The van der Waals surface area contributed by atoms with Gasteiger partial charge in [0, 0.05) is 18.2 Å². The number of nitrogens with zero attached hydrogens (tertiary/aromatic N) is 1. The van der Waals surface area contributed by atoms with Crippen molar-refractivity contribution in [1.29, 1.82) is 0 Å². The first-order valence-corrected chi connectivity index (χ1v) is 7.04. The number of non-ortho nitro benzene ring substituents is 1. The summed E-state index contributed by atoms with van der Waals surface area (Å²) in [5, 5.41) is 14.2. The summed E-state index contributed by atoms with van der Waals surface area (Å²) in [4.78, 5) is 10.2. The summed E-state index contributed by atoms with van der Waals surface area (Å²) in [5.74, 6) is 1.56. The van der Waals surface area contributed by atoms with Gasteiger partial charge < -0.3 is 5.32 Å². The van der Waals surface area contributed by atoms with Crippen LogP contribution in [0.1, 0.15) is 32.3 Å². The van der Waals surface area contributed by atoms with Gasteiger partial charge in [0.25, 0.3) is 5.69 Å². The number of hydrogen-bond acceptors (Lipinski definition) is 3. The van der Waals surface area contributed by atoms with E-state index >= 15 is 0 Å². The maximum atomic E-state index is 10.6. The molecule has 0 spiro atoms. The van der Waals surface area contributed by atoms with E-state index in [1.807, 2.05) is 12.1 Å². The van der Waals surface area contributed by atoms with Gasteiger partial charge >= 0.3 is 0 Å². The summed E-state index contributed by atoms with van der Waals surface area (Å²) in [6.45, 7) is 5.59. The molecule has 3 atom stereocenters. The van der Waals surface area contributed by atoms with Crippen LogP contribution in [-0.2, 0) is 6.42 Å². The Bertz CT molecular complexity index is 430. The SMILES string of the molecule is CC1CCC(NCCc2ccc([N+](=O)[O-])cc2)C1C. The Morgan fingerprint density at radius 1 is 1.26 bits per heavy atom. The molecule has 4 nitrogen and oxygen atoms in total. The third-order valence-corrected chi connectivity index (χ3v) is 4.43. The van der Waals surface area contributed by atoms with E-state index in [-0.39, 0.29) is 10.6 Å². The van der Waals surface area contributed by atoms with E-state index in [0.29, 0.717) is 6.04 Å². The average Bonchev–Trinajstić information content (AvgIpc) is 2.71. The fourth-order valence-corrected chi connectivity index (χ4v) is 2.84. The van der Waals surface area contributed by atoms with Crippen LogP contribution in [0.5, 0.6) is 0 Å². The van der Waals surface area contributed by atoms with Crippen molar-refractivity contribution in [3.8, 4) is 0 Å². The van der Waals surface area contributed by atoms with Gasteiger partial charge in [0.05, 0.1) is 4.92 Å². The number of nitro benzene ring substituents is 1. The minimum atomic E-state index is -0.358. The molecule has 1 fully saturated rings. The molecule has 0 aromatic heterocycles. The molecule has 0 aliphatic heterocycles. The summed E-state index contributed by atoms with van der Waals surface area (Å²) in [6, 6.07) is 7.49. The lowest BCUT2D eigenvalue weighted by Gasteiger charge is -2.19. The maximum Gasteiger partial charge on any atom is 0.269 e. The fraction of sp³-hybridized carbons (Fsp3) is 0.600. The fourth-order valence-electron chi connectivity index (χ4n) is 2.84. The van der Waals surface area contributed by atoms with Gasteiger partial charge in [-0.3, -0.25) is 10.1 Å². The third-order valence-electron chi connectivity index (χ3n) is 4.43. The van der Waals surface area contributed by atoms with E-state index in [1.165, 1.54) is 12.8 Å². The van der Waals surface area contributed by atoms with E-state index in [1.54, 1.807) is 12.1 Å². The second-order valence-electron chi connectivity index (χ2n) is 5.65. The first-order valence-electron chi connectivity index (χ1n) is 7.04. The van der Waals surface area contributed by atoms with Crippen LogP contribution < -0.4 is 5.32 Å². The van der Waals surface area contributed by atoms with Crippen LogP contribution in [0.3, 0.4) is 0 Å². The van der Waals surface area contributed by atoms with Gasteiger partial charge in [0.2, 0.25) is 0 Å². The Hall–Kier alpha value is -1.42. The van der Waals surface area contributed by atoms with Gasteiger partial charge in [0.15, 0.2) is 0 Å². The molecule has 1 aromatic rings. The highest BCUT2D eigenvalue weighted by atomic mass is 16.6. The summed E-state index contributed by atoms with van der Waals surface area (Å²) >= 11 is 0. The summed E-state index contributed by atoms with van der Waals surface area (Å²) in [7, 11) is 0. The van der Waals surface area contributed by atoms with Crippen molar-refractivity contribution in [3.63, 3.8) is 0 Å². The van der Waals surface area contributed by atoms with Crippen LogP contribution in [-0.4, -0.2) is 17.5 Å². The van der Waals surface area contributed by atoms with Crippen molar-refractivity contribution in [1.82, 2.24) is 5.32 Å². The number of nitro groups is 1. The highest BCUT2D eigenvalue weighted by Crippen LogP contribution is 2.30. The van der Waals surface area contributed by atoms with Gasteiger partial charge in [-0.05, 0) is 43.2 Å². The minimum absolute atomic E-state index is 0.162. The Morgan fingerprint density at radius 3 is 2.47 bits per heavy atom. The number of nitrogens with one attached hydrogen (secondary N) is 1. The standard InChI is InChI=1S/C15H22N2O2/c1-11-3-8-15(12(11)2)16-10-9-13-4-6-14(7-5-13)17(18)19/h4-7,11-12,15-16H,3,8-10H2,1-2H3. The Kier molecular flexibility index (Phi) is 4.53. The van der Waals surface area contributed by atoms with Crippen LogP contribution in [0.2, 0.25) is 0 Å². The Balaban J connectivity index is 1.78. The average molecular weight is 262 g/mol. The van der Waals surface area contributed by atoms with E-state index < -0.39 is 0 Å². The molecular weight excluding hydrogens is 240 g/mol. The molecule has 0 amide bonds. The molecule has 4 heteroatoms. The Morgan fingerprint density at radius 2 is 1.95 bits per heavy atom. The maximum absolute atomic E-state index is 10.6. The smallest absolute Gasteiger partial charge is 0.269 e. The van der Waals surface area contributed by atoms with Gasteiger partial charge in [-0.1, -0.05) is 26.0 Å². The lowest BCUT2D eigenvalue weighted by atomic mass is 9.98. The largest absolute Gasteiger partial charge is 0.313 e. The Labute approximate surface area is 114 Å². The third kappa shape index (κ3) is 3.53. The van der Waals surface area contributed by atoms with E-state index in [0.717, 1.165) is 30.4 Å². The molecule has 2 rings (SSSR count). The molecule has 1 aromatic carbocycles. The predicted octanol–water partition coefficient (Wildman–Crippen LogP) is 3.16. The summed E-state index contributed by atoms with van der Waals surface area (Å²) < 4.78 is 0. The number of rotatable bonds is 5. The molecule has 1 N–H and O–H groups in total. The van der Waals surface area contributed by atoms with Crippen LogP contribution in [0.4, 0.5) is 5.69 Å². The zero-order valence-electron chi connectivity index (χ0n) is 11.6. The predicted molar refractivity (Wildman–Crippen MR) is 76.2 cm³/mol. The van der Waals surface area contributed by atoms with Crippen molar-refractivity contribution in [2.45, 2.75) is 39.2 Å². The molecule has 0 bridgehead atoms. The van der Waals surface area contributed by atoms with Crippen LogP contribution in [0.25, 0.3) is 0 Å². The van der Waals surface area contributed by atoms with Gasteiger partial charge in [-0.25, -0.2) is 0 Å². The topological polar surface area (TPSA) is 55.2 Å². The molecule has 0 saturated heterocycles. The van der Waals surface area contributed by atoms with Gasteiger partial charge in [-0.2, -0.15) is 0 Å². The summed E-state index contributed by atoms with van der Waals surface area (Å²) in [5.41, 5.74) is 1.31. The van der Waals surface area contributed by atoms with Crippen molar-refractivity contribution in [2.75, 3.05) is 6.54 Å². The quantitative estimate of drug-likeness (QED) is 0.655. The molecule has 1 saturated carbocycles. The van der Waals surface area contributed by atoms with Gasteiger partial charge in [-0.15, -0.1) is 0 Å². The molecular formula is C15H22N2O2. The molecule has 1 aliphatic carbocycles. The van der Waals surface area contributed by atoms with Gasteiger partial charge in [0.1, 0.15) is 0 Å². The summed E-state index contributed by atoms with van der Waals surface area (Å²) in [6.07, 6.45) is 3.51. The first-order chi connectivity index (χ1) is 9.08. The van der Waals surface area contributed by atoms with Crippen molar-refractivity contribution in [3.05, 3.63) is 39.9 Å². The van der Waals surface area contributed by atoms with E-state index in [4.69, 9.17) is 0 Å². The minimum Gasteiger partial charge on any atom is -0.313 e. The van der Waals surface area contributed by atoms with Crippen LogP contribution >= 0.6 is 0 Å². The monoisotopic (exact) mass is 262 g/mol. The zero-order chi connectivity index (χ0) is 13.8. The molecule has 104 valence electrons. The van der Waals surface area contributed by atoms with Crippen LogP contribution in [0, 0.1) is 22.0 Å². The molecule has 19 heavy (non-hydrogen) atoms. The van der Waals surface area contributed by atoms with Crippen molar-refractivity contribution >= 4 is 5.69 Å². The van der Waals surface area contributed by atoms with E-state index in [9.17, 15) is 10.1 Å². The molecule has 3 unspecified atom stereocenters. The van der Waals surface area contributed by atoms with Crippen molar-refractivity contribution < 1.29 is 4.92 Å². The highest BCUT2D eigenvalue weighted by molar-refractivity contribution is 5.32. The normalized spacial score (nSPS) is 26.5. The van der Waals surface area contributed by atoms with Crippen molar-refractivity contribution in [2.24, 2.45) is 11.8 Å². The first kappa shape index (κ1) is 14.0. The molecule has 0 heterocycles. The molecule has 0 radical (unpaired) electrons. The molecule has 1 aliphatic rings. The second kappa shape index (κ2) is 6.15. The lowest BCUT2D eigenvalue weighted by Crippen LogP contribution is -2.33. The number of hydrogen-bond donors (Lipinski definition) is 1. The lowest BCUT2D eigenvalue weighted by molar-refractivity contribution is -0.384. The highest BCUT2D eigenvalue weighted by Gasteiger charge is 2.28. The zero-order valence-corrected chi connectivity index (χ0v) is 11.6. The number of benzene rings is 1. The second-order valence-corrected chi connectivity index (χ2v) is 5.65. The van der Waals surface area contributed by atoms with E-state index in [2.05, 4.69) is 19.2 Å².